The van der Waals surface area contributed by atoms with E-state index in [1.54, 1.807) is 12.1 Å². The molecule has 2 aromatic rings. The molecule has 0 atom stereocenters. The van der Waals surface area contributed by atoms with E-state index >= 15 is 0 Å². The quantitative estimate of drug-likeness (QED) is 0.883. The van der Waals surface area contributed by atoms with Gasteiger partial charge in [-0.3, -0.25) is 4.68 Å². The molecule has 0 radical (unpaired) electrons. The summed E-state index contributed by atoms with van der Waals surface area (Å²) in [5, 5.41) is 13.6. The summed E-state index contributed by atoms with van der Waals surface area (Å²) in [5.41, 5.74) is 4.16. The van der Waals surface area contributed by atoms with Gasteiger partial charge < -0.3 is 5.11 Å². The first-order valence-electron chi connectivity index (χ1n) is 6.16. The first-order valence-corrected chi connectivity index (χ1v) is 6.16. The van der Waals surface area contributed by atoms with Gasteiger partial charge in [0.15, 0.2) is 0 Å². The Morgan fingerprint density at radius 3 is 3.00 bits per heavy atom. The Kier molecular flexibility index (Phi) is 2.67. The van der Waals surface area contributed by atoms with E-state index in [9.17, 15) is 4.39 Å². The van der Waals surface area contributed by atoms with Crippen LogP contribution in [0.25, 0.3) is 11.3 Å². The minimum atomic E-state index is -0.285. The third-order valence-corrected chi connectivity index (χ3v) is 3.57. The van der Waals surface area contributed by atoms with Crippen molar-refractivity contribution in [2.75, 3.05) is 0 Å². The van der Waals surface area contributed by atoms with E-state index in [0.717, 1.165) is 24.9 Å². The van der Waals surface area contributed by atoms with Gasteiger partial charge in [0.25, 0.3) is 0 Å². The van der Waals surface area contributed by atoms with Crippen molar-refractivity contribution >= 4 is 0 Å². The van der Waals surface area contributed by atoms with E-state index in [4.69, 9.17) is 5.11 Å². The summed E-state index contributed by atoms with van der Waals surface area (Å²) in [4.78, 5) is 0. The van der Waals surface area contributed by atoms with Crippen LogP contribution in [0.5, 0.6) is 0 Å². The van der Waals surface area contributed by atoms with Crippen molar-refractivity contribution in [3.8, 4) is 11.3 Å². The predicted molar refractivity (Wildman–Crippen MR) is 66.6 cm³/mol. The number of rotatable bonds is 2. The number of halogens is 1. The lowest BCUT2D eigenvalue weighted by atomic mass is 10.0. The number of nitrogens with zero attached hydrogens (tertiary/aromatic N) is 2. The van der Waals surface area contributed by atoms with Crippen molar-refractivity contribution in [1.29, 1.82) is 0 Å². The summed E-state index contributed by atoms with van der Waals surface area (Å²) in [6, 6.07) is 4.67. The molecule has 1 aliphatic rings. The highest BCUT2D eigenvalue weighted by Crippen LogP contribution is 2.30. The van der Waals surface area contributed by atoms with Crippen molar-refractivity contribution < 1.29 is 9.50 Å². The predicted octanol–water partition coefficient (Wildman–Crippen LogP) is 2.44. The van der Waals surface area contributed by atoms with Gasteiger partial charge in [-0.05, 0) is 43.0 Å². The Hall–Kier alpha value is -1.68. The maximum atomic E-state index is 13.9. The van der Waals surface area contributed by atoms with Gasteiger partial charge in [-0.25, -0.2) is 4.39 Å². The fraction of sp³-hybridized carbons (Fsp3) is 0.357. The number of aliphatic hydroxyl groups excluding tert-OH is 1. The molecule has 94 valence electrons. The van der Waals surface area contributed by atoms with Gasteiger partial charge in [0.1, 0.15) is 5.82 Å². The lowest BCUT2D eigenvalue weighted by molar-refractivity contribution is 0.282. The molecule has 4 heteroatoms. The lowest BCUT2D eigenvalue weighted by Crippen LogP contribution is -1.95. The molecule has 0 saturated heterocycles. The second-order valence-corrected chi connectivity index (χ2v) is 4.72. The van der Waals surface area contributed by atoms with Gasteiger partial charge in [0.05, 0.1) is 12.3 Å². The van der Waals surface area contributed by atoms with Crippen LogP contribution in [0, 0.1) is 12.7 Å². The number of hydrogen-bond donors (Lipinski definition) is 1. The van der Waals surface area contributed by atoms with Gasteiger partial charge in [-0.2, -0.15) is 5.10 Å². The number of benzene rings is 1. The van der Waals surface area contributed by atoms with Crippen LogP contribution < -0.4 is 0 Å². The standard InChI is InChI=1S/C14H15FN2O/c1-9-13-3-2-6-17(13)16-14(9)11-7-10(8-18)4-5-12(11)15/h4-5,7,18H,2-3,6,8H2,1H3. The minimum absolute atomic E-state index is 0.0834. The molecule has 0 aliphatic carbocycles. The molecule has 0 bridgehead atoms. The average molecular weight is 246 g/mol. The minimum Gasteiger partial charge on any atom is -0.392 e. The number of hydrogen-bond acceptors (Lipinski definition) is 2. The Bertz CT molecular complexity index is 604. The smallest absolute Gasteiger partial charge is 0.132 e. The molecule has 0 unspecified atom stereocenters. The second-order valence-electron chi connectivity index (χ2n) is 4.72. The highest BCUT2D eigenvalue weighted by molar-refractivity contribution is 5.65. The van der Waals surface area contributed by atoms with Crippen LogP contribution in [0.4, 0.5) is 4.39 Å². The van der Waals surface area contributed by atoms with Crippen LogP contribution in [0.2, 0.25) is 0 Å². The molecule has 0 spiro atoms. The Morgan fingerprint density at radius 1 is 1.44 bits per heavy atom. The molecule has 1 aliphatic heterocycles. The Labute approximate surface area is 105 Å². The van der Waals surface area contributed by atoms with Crippen LogP contribution in [0.15, 0.2) is 18.2 Å². The van der Waals surface area contributed by atoms with E-state index in [1.165, 1.54) is 11.8 Å². The molecule has 3 nitrogen and oxygen atoms in total. The Balaban J connectivity index is 2.15. The van der Waals surface area contributed by atoms with E-state index in [2.05, 4.69) is 5.10 Å². The number of aliphatic hydroxyl groups is 1. The van der Waals surface area contributed by atoms with Gasteiger partial charge in [0.2, 0.25) is 0 Å². The molecule has 0 fully saturated rings. The molecular formula is C14H15FN2O. The fourth-order valence-electron chi connectivity index (χ4n) is 2.59. The normalized spacial score (nSPS) is 13.9. The van der Waals surface area contributed by atoms with Crippen LogP contribution >= 0.6 is 0 Å². The maximum Gasteiger partial charge on any atom is 0.132 e. The first kappa shape index (κ1) is 11.4. The van der Waals surface area contributed by atoms with Crippen LogP contribution in [0.1, 0.15) is 23.2 Å². The summed E-state index contributed by atoms with van der Waals surface area (Å²) < 4.78 is 15.9. The van der Waals surface area contributed by atoms with Gasteiger partial charge in [-0.15, -0.1) is 0 Å². The van der Waals surface area contributed by atoms with Gasteiger partial charge in [-0.1, -0.05) is 6.07 Å². The van der Waals surface area contributed by atoms with Crippen LogP contribution in [0.3, 0.4) is 0 Å². The summed E-state index contributed by atoms with van der Waals surface area (Å²) in [7, 11) is 0. The highest BCUT2D eigenvalue weighted by Gasteiger charge is 2.21. The monoisotopic (exact) mass is 246 g/mol. The van der Waals surface area contributed by atoms with Crippen molar-refractivity contribution in [3.05, 3.63) is 40.8 Å². The molecule has 1 N–H and O–H groups in total. The molecule has 0 saturated carbocycles. The van der Waals surface area contributed by atoms with Gasteiger partial charge in [0, 0.05) is 17.8 Å². The van der Waals surface area contributed by atoms with Crippen LogP contribution in [-0.4, -0.2) is 14.9 Å². The average Bonchev–Trinajstić information content (AvgIpc) is 2.94. The van der Waals surface area contributed by atoms with E-state index in [-0.39, 0.29) is 12.4 Å². The molecule has 3 rings (SSSR count). The highest BCUT2D eigenvalue weighted by atomic mass is 19.1. The largest absolute Gasteiger partial charge is 0.392 e. The first-order chi connectivity index (χ1) is 8.70. The van der Waals surface area contributed by atoms with Crippen molar-refractivity contribution in [2.45, 2.75) is 32.9 Å². The molecular weight excluding hydrogens is 231 g/mol. The van der Waals surface area contributed by atoms with Gasteiger partial charge >= 0.3 is 0 Å². The van der Waals surface area contributed by atoms with Crippen molar-refractivity contribution in [1.82, 2.24) is 9.78 Å². The second kappa shape index (κ2) is 4.21. The third kappa shape index (κ3) is 1.64. The zero-order valence-electron chi connectivity index (χ0n) is 10.3. The zero-order chi connectivity index (χ0) is 12.7. The lowest BCUT2D eigenvalue weighted by Gasteiger charge is -2.04. The van der Waals surface area contributed by atoms with Crippen molar-refractivity contribution in [3.63, 3.8) is 0 Å². The van der Waals surface area contributed by atoms with E-state index in [0.29, 0.717) is 16.8 Å². The SMILES string of the molecule is Cc1c(-c2cc(CO)ccc2F)nn2c1CCC2. The molecule has 2 heterocycles. The summed E-state index contributed by atoms with van der Waals surface area (Å²) in [5.74, 6) is -0.285. The van der Waals surface area contributed by atoms with Crippen molar-refractivity contribution in [2.24, 2.45) is 0 Å². The zero-order valence-corrected chi connectivity index (χ0v) is 10.3. The molecule has 18 heavy (non-hydrogen) atoms. The van der Waals surface area contributed by atoms with Crippen LogP contribution in [-0.2, 0) is 19.6 Å². The Morgan fingerprint density at radius 2 is 2.28 bits per heavy atom. The number of aromatic nitrogens is 2. The molecule has 1 aromatic heterocycles. The van der Waals surface area contributed by atoms with E-state index < -0.39 is 0 Å². The topological polar surface area (TPSA) is 38.1 Å². The van der Waals surface area contributed by atoms with E-state index in [1.807, 2.05) is 11.6 Å². The molecule has 0 amide bonds. The summed E-state index contributed by atoms with van der Waals surface area (Å²) in [6.45, 7) is 2.82. The number of fused-ring (bicyclic) bond motifs is 1. The summed E-state index contributed by atoms with van der Waals surface area (Å²) in [6.07, 6.45) is 2.13. The fourth-order valence-corrected chi connectivity index (χ4v) is 2.59. The number of aryl methyl sites for hydroxylation is 1. The third-order valence-electron chi connectivity index (χ3n) is 3.57. The summed E-state index contributed by atoms with van der Waals surface area (Å²) >= 11 is 0. The molecule has 1 aromatic carbocycles. The maximum absolute atomic E-state index is 13.9.